The smallest absolute Gasteiger partial charge is 0.325 e. The van der Waals surface area contributed by atoms with Gasteiger partial charge in [-0.25, -0.2) is 0 Å². The Balaban J connectivity index is 2.06. The van der Waals surface area contributed by atoms with Crippen molar-refractivity contribution in [3.8, 4) is 0 Å². The van der Waals surface area contributed by atoms with E-state index >= 15 is 0 Å². The highest BCUT2D eigenvalue weighted by atomic mass is 79.9. The van der Waals surface area contributed by atoms with Crippen molar-refractivity contribution in [1.82, 2.24) is 9.78 Å². The van der Waals surface area contributed by atoms with Crippen molar-refractivity contribution in [1.29, 1.82) is 0 Å². The number of anilines is 1. The lowest BCUT2D eigenvalue weighted by atomic mass is 10.4. The normalized spacial score (nSPS) is 10.3. The third kappa shape index (κ3) is 2.96. The predicted molar refractivity (Wildman–Crippen MR) is 69.8 cm³/mol. The van der Waals surface area contributed by atoms with Crippen molar-refractivity contribution < 1.29 is 14.7 Å². The molecule has 0 aliphatic rings. The minimum absolute atomic E-state index is 0.238. The number of carbonyl (C=O) groups excluding carboxylic acids is 1. The van der Waals surface area contributed by atoms with Crippen molar-refractivity contribution in [3.63, 3.8) is 0 Å². The van der Waals surface area contributed by atoms with Crippen LogP contribution in [0.1, 0.15) is 9.67 Å². The first-order chi connectivity index (χ1) is 8.56. The number of carboxylic acid groups (broad SMARTS) is 1. The summed E-state index contributed by atoms with van der Waals surface area (Å²) in [6.45, 7) is -0.238. The number of nitrogens with zero attached hydrogens (tertiary/aromatic N) is 2. The molecule has 0 atom stereocenters. The number of nitrogens with one attached hydrogen (secondary N) is 1. The Hall–Kier alpha value is -1.67. The molecule has 18 heavy (non-hydrogen) atoms. The average Bonchev–Trinajstić information content (AvgIpc) is 2.87. The number of carbonyl (C=O) groups is 2. The summed E-state index contributed by atoms with van der Waals surface area (Å²) in [6, 6.07) is 1.79. The summed E-state index contributed by atoms with van der Waals surface area (Å²) in [4.78, 5) is 22.9. The van der Waals surface area contributed by atoms with Crippen LogP contribution in [0.5, 0.6) is 0 Å². The van der Waals surface area contributed by atoms with Crippen LogP contribution in [0.25, 0.3) is 0 Å². The van der Waals surface area contributed by atoms with Gasteiger partial charge in [-0.2, -0.15) is 5.10 Å². The number of rotatable bonds is 4. The molecule has 2 N–H and O–H groups in total. The predicted octanol–water partition coefficient (Wildman–Crippen LogP) is 2.04. The molecule has 2 aromatic heterocycles. The largest absolute Gasteiger partial charge is 0.480 e. The maximum absolute atomic E-state index is 11.8. The van der Waals surface area contributed by atoms with Crippen molar-refractivity contribution in [2.45, 2.75) is 6.54 Å². The number of thiophene rings is 1. The second kappa shape index (κ2) is 5.32. The second-order valence-corrected chi connectivity index (χ2v) is 5.14. The molecule has 0 spiro atoms. The average molecular weight is 330 g/mol. The van der Waals surface area contributed by atoms with E-state index in [1.54, 1.807) is 11.4 Å². The van der Waals surface area contributed by atoms with E-state index in [0.717, 1.165) is 4.47 Å². The SMILES string of the molecule is O=C(O)Cn1cc(NC(=O)c2sccc2Br)cn1. The van der Waals surface area contributed by atoms with Crippen LogP contribution in [0.4, 0.5) is 5.69 Å². The first-order valence-corrected chi connectivity index (χ1v) is 6.52. The minimum Gasteiger partial charge on any atom is -0.480 e. The van der Waals surface area contributed by atoms with Gasteiger partial charge in [-0.1, -0.05) is 0 Å². The lowest BCUT2D eigenvalue weighted by Crippen LogP contribution is -2.11. The number of hydrogen-bond acceptors (Lipinski definition) is 4. The summed E-state index contributed by atoms with van der Waals surface area (Å²) >= 11 is 4.58. The molecule has 0 aromatic carbocycles. The van der Waals surface area contributed by atoms with Crippen molar-refractivity contribution >= 4 is 44.8 Å². The van der Waals surface area contributed by atoms with Gasteiger partial charge < -0.3 is 10.4 Å². The van der Waals surface area contributed by atoms with Gasteiger partial charge in [0, 0.05) is 10.7 Å². The van der Waals surface area contributed by atoms with Crippen molar-refractivity contribution in [3.05, 3.63) is 33.2 Å². The third-order valence-corrected chi connectivity index (χ3v) is 3.85. The highest BCUT2D eigenvalue weighted by molar-refractivity contribution is 9.10. The summed E-state index contributed by atoms with van der Waals surface area (Å²) in [5.41, 5.74) is 0.460. The monoisotopic (exact) mass is 329 g/mol. The van der Waals surface area contributed by atoms with E-state index in [2.05, 4.69) is 26.3 Å². The van der Waals surface area contributed by atoms with Gasteiger partial charge >= 0.3 is 5.97 Å². The van der Waals surface area contributed by atoms with Crippen molar-refractivity contribution in [2.24, 2.45) is 0 Å². The molecule has 0 aliphatic heterocycles. The van der Waals surface area contributed by atoms with Crippen LogP contribution in [-0.2, 0) is 11.3 Å². The maximum atomic E-state index is 11.8. The van der Waals surface area contributed by atoms with E-state index in [4.69, 9.17) is 5.11 Å². The van der Waals surface area contributed by atoms with Gasteiger partial charge in [-0.3, -0.25) is 14.3 Å². The highest BCUT2D eigenvalue weighted by Crippen LogP contribution is 2.23. The Morgan fingerprint density at radius 3 is 2.94 bits per heavy atom. The first-order valence-electron chi connectivity index (χ1n) is 4.85. The van der Waals surface area contributed by atoms with Gasteiger partial charge in [0.25, 0.3) is 5.91 Å². The molecule has 0 fully saturated rings. The topological polar surface area (TPSA) is 84.2 Å². The van der Waals surface area contributed by atoms with Gasteiger partial charge in [0.05, 0.1) is 11.9 Å². The zero-order valence-electron chi connectivity index (χ0n) is 8.96. The van der Waals surface area contributed by atoms with Gasteiger partial charge in [0.2, 0.25) is 0 Å². The number of carboxylic acids is 1. The molecule has 1 amide bonds. The number of halogens is 1. The molecule has 2 rings (SSSR count). The summed E-state index contributed by atoms with van der Waals surface area (Å²) < 4.78 is 1.96. The fraction of sp³-hybridized carbons (Fsp3) is 0.100. The second-order valence-electron chi connectivity index (χ2n) is 3.37. The molecule has 2 aromatic rings. The van der Waals surface area contributed by atoms with E-state index in [0.29, 0.717) is 10.6 Å². The van der Waals surface area contributed by atoms with Crippen LogP contribution in [-0.4, -0.2) is 26.8 Å². The Labute approximate surface area is 114 Å². The van der Waals surface area contributed by atoms with Gasteiger partial charge in [-0.05, 0) is 27.4 Å². The number of aromatic nitrogens is 2. The lowest BCUT2D eigenvalue weighted by Gasteiger charge is -2.00. The number of hydrogen-bond donors (Lipinski definition) is 2. The van der Waals surface area contributed by atoms with Crippen LogP contribution in [0.3, 0.4) is 0 Å². The highest BCUT2D eigenvalue weighted by Gasteiger charge is 2.12. The Kier molecular flexibility index (Phi) is 3.78. The molecule has 2 heterocycles. The van der Waals surface area contributed by atoms with Crippen LogP contribution < -0.4 is 5.32 Å². The van der Waals surface area contributed by atoms with E-state index < -0.39 is 5.97 Å². The maximum Gasteiger partial charge on any atom is 0.325 e. The fourth-order valence-electron chi connectivity index (χ4n) is 1.30. The van der Waals surface area contributed by atoms with E-state index in [1.807, 2.05) is 0 Å². The van der Waals surface area contributed by atoms with Crippen LogP contribution in [0.2, 0.25) is 0 Å². The quantitative estimate of drug-likeness (QED) is 0.899. The van der Waals surface area contributed by atoms with Gasteiger partial charge in [0.15, 0.2) is 0 Å². The summed E-state index contributed by atoms with van der Waals surface area (Å²) in [5.74, 6) is -1.25. The molecule has 0 unspecified atom stereocenters. The van der Waals surface area contributed by atoms with Crippen molar-refractivity contribution in [2.75, 3.05) is 5.32 Å². The Morgan fingerprint density at radius 1 is 1.56 bits per heavy atom. The van der Waals surface area contributed by atoms with Gasteiger partial charge in [0.1, 0.15) is 11.4 Å². The standard InChI is InChI=1S/C10H8BrN3O3S/c11-7-1-2-18-9(7)10(17)13-6-3-12-14(4-6)5-8(15)16/h1-4H,5H2,(H,13,17)(H,15,16). The zero-order chi connectivity index (χ0) is 13.1. The summed E-state index contributed by atoms with van der Waals surface area (Å²) in [6.07, 6.45) is 2.87. The van der Waals surface area contributed by atoms with Gasteiger partial charge in [-0.15, -0.1) is 11.3 Å². The molecule has 0 saturated carbocycles. The minimum atomic E-state index is -0.989. The molecule has 6 nitrogen and oxygen atoms in total. The molecular formula is C10H8BrN3O3S. The van der Waals surface area contributed by atoms with E-state index in [9.17, 15) is 9.59 Å². The number of amides is 1. The zero-order valence-corrected chi connectivity index (χ0v) is 11.4. The lowest BCUT2D eigenvalue weighted by molar-refractivity contribution is -0.137. The van der Waals surface area contributed by atoms with Crippen LogP contribution in [0.15, 0.2) is 28.3 Å². The molecule has 0 bridgehead atoms. The first kappa shape index (κ1) is 12.8. The molecule has 8 heteroatoms. The Morgan fingerprint density at radius 2 is 2.33 bits per heavy atom. The third-order valence-electron chi connectivity index (χ3n) is 2.01. The van der Waals surface area contributed by atoms with E-state index in [1.165, 1.54) is 28.4 Å². The molecular weight excluding hydrogens is 322 g/mol. The molecule has 94 valence electrons. The summed E-state index contributed by atoms with van der Waals surface area (Å²) in [5, 5.41) is 16.9. The fourth-order valence-corrected chi connectivity index (χ4v) is 2.74. The molecule has 0 aliphatic carbocycles. The molecule has 0 radical (unpaired) electrons. The van der Waals surface area contributed by atoms with Crippen LogP contribution >= 0.6 is 27.3 Å². The van der Waals surface area contributed by atoms with E-state index in [-0.39, 0.29) is 12.5 Å². The summed E-state index contributed by atoms with van der Waals surface area (Å²) in [7, 11) is 0. The molecule has 0 saturated heterocycles. The number of aliphatic carboxylic acids is 1. The Bertz CT molecular complexity index is 593. The van der Waals surface area contributed by atoms with Crippen LogP contribution in [0, 0.1) is 0 Å².